The Bertz CT molecular complexity index is 604. The van der Waals surface area contributed by atoms with Crippen molar-refractivity contribution in [1.29, 1.82) is 0 Å². The Hall–Kier alpha value is -0.920. The molecule has 0 unspecified atom stereocenters. The summed E-state index contributed by atoms with van der Waals surface area (Å²) in [6, 6.07) is 0.292. The Morgan fingerprint density at radius 2 is 2.10 bits per heavy atom. The first kappa shape index (κ1) is 16.5. The SMILES string of the molecule is Cc1[nH]nc(S(=O)(=O)N2CCC(C)(C)C2)c1CNC(C)C. The van der Waals surface area contributed by atoms with E-state index in [-0.39, 0.29) is 10.4 Å². The molecule has 1 aromatic rings. The molecule has 2 heterocycles. The predicted molar refractivity (Wildman–Crippen MR) is 82.5 cm³/mol. The molecule has 6 nitrogen and oxygen atoms in total. The predicted octanol–water partition coefficient (Wildman–Crippen LogP) is 1.64. The van der Waals surface area contributed by atoms with Gasteiger partial charge < -0.3 is 5.32 Å². The maximum atomic E-state index is 12.8. The van der Waals surface area contributed by atoms with Crippen LogP contribution in [-0.2, 0) is 16.6 Å². The molecule has 1 saturated heterocycles. The van der Waals surface area contributed by atoms with E-state index < -0.39 is 10.0 Å². The van der Waals surface area contributed by atoms with E-state index in [9.17, 15) is 8.42 Å². The lowest BCUT2D eigenvalue weighted by Crippen LogP contribution is -2.32. The van der Waals surface area contributed by atoms with E-state index >= 15 is 0 Å². The molecular formula is C14H26N4O2S. The first-order valence-corrected chi connectivity index (χ1v) is 8.85. The summed E-state index contributed by atoms with van der Waals surface area (Å²) in [5.41, 5.74) is 1.59. The molecule has 0 bridgehead atoms. The molecule has 2 rings (SSSR count). The van der Waals surface area contributed by atoms with Gasteiger partial charge in [0.1, 0.15) is 0 Å². The fourth-order valence-corrected chi connectivity index (χ4v) is 4.34. The van der Waals surface area contributed by atoms with Crippen LogP contribution in [0, 0.1) is 12.3 Å². The van der Waals surface area contributed by atoms with Crippen LogP contribution >= 0.6 is 0 Å². The Kier molecular flexibility index (Phi) is 4.46. The van der Waals surface area contributed by atoms with E-state index in [1.807, 2.05) is 20.8 Å². The number of sulfonamides is 1. The third kappa shape index (κ3) is 3.46. The summed E-state index contributed by atoms with van der Waals surface area (Å²) in [7, 11) is -3.52. The van der Waals surface area contributed by atoms with E-state index in [0.29, 0.717) is 25.7 Å². The zero-order valence-corrected chi connectivity index (χ0v) is 14.3. The number of hydrogen-bond donors (Lipinski definition) is 2. The first-order chi connectivity index (χ1) is 9.63. The maximum Gasteiger partial charge on any atom is 0.262 e. The van der Waals surface area contributed by atoms with Gasteiger partial charge in [0.05, 0.1) is 0 Å². The summed E-state index contributed by atoms with van der Waals surface area (Å²) in [6.45, 7) is 11.7. The van der Waals surface area contributed by atoms with Gasteiger partial charge in [0.15, 0.2) is 5.03 Å². The second kappa shape index (κ2) is 5.70. The molecule has 0 aromatic carbocycles. The number of H-pyrrole nitrogens is 1. The van der Waals surface area contributed by atoms with Gasteiger partial charge >= 0.3 is 0 Å². The van der Waals surface area contributed by atoms with Crippen molar-refractivity contribution < 1.29 is 8.42 Å². The molecule has 2 N–H and O–H groups in total. The van der Waals surface area contributed by atoms with E-state index in [1.165, 1.54) is 0 Å². The first-order valence-electron chi connectivity index (χ1n) is 7.41. The summed E-state index contributed by atoms with van der Waals surface area (Å²) < 4.78 is 27.2. The summed E-state index contributed by atoms with van der Waals surface area (Å²) in [4.78, 5) is 0. The number of aromatic nitrogens is 2. The molecule has 0 radical (unpaired) electrons. The summed E-state index contributed by atoms with van der Waals surface area (Å²) >= 11 is 0. The Labute approximate surface area is 127 Å². The molecule has 1 aliphatic rings. The van der Waals surface area contributed by atoms with Crippen molar-refractivity contribution in [3.05, 3.63) is 11.3 Å². The molecule has 0 saturated carbocycles. The fraction of sp³-hybridized carbons (Fsp3) is 0.786. The van der Waals surface area contributed by atoms with E-state index in [2.05, 4.69) is 29.4 Å². The van der Waals surface area contributed by atoms with Crippen molar-refractivity contribution >= 4 is 10.0 Å². The second-order valence-electron chi connectivity index (χ2n) is 6.92. The number of nitrogens with one attached hydrogen (secondary N) is 2. The highest BCUT2D eigenvalue weighted by molar-refractivity contribution is 7.89. The van der Waals surface area contributed by atoms with Crippen LogP contribution in [0.4, 0.5) is 0 Å². The van der Waals surface area contributed by atoms with Gasteiger partial charge in [-0.05, 0) is 18.8 Å². The van der Waals surface area contributed by atoms with Crippen LogP contribution in [0.25, 0.3) is 0 Å². The second-order valence-corrected chi connectivity index (χ2v) is 8.77. The number of aromatic amines is 1. The largest absolute Gasteiger partial charge is 0.310 e. The molecule has 120 valence electrons. The van der Waals surface area contributed by atoms with Gasteiger partial charge in [-0.2, -0.15) is 9.40 Å². The standard InChI is InChI=1S/C14H26N4O2S/c1-10(2)15-8-12-11(3)16-17-13(12)21(19,20)18-7-6-14(4,5)9-18/h10,15H,6-9H2,1-5H3,(H,16,17). The molecule has 7 heteroatoms. The zero-order chi connectivity index (χ0) is 15.8. The van der Waals surface area contributed by atoms with Crippen LogP contribution < -0.4 is 5.32 Å². The molecule has 0 atom stereocenters. The van der Waals surface area contributed by atoms with Gasteiger partial charge in [-0.25, -0.2) is 8.42 Å². The van der Waals surface area contributed by atoms with Gasteiger partial charge in [-0.3, -0.25) is 5.10 Å². The molecule has 0 spiro atoms. The average Bonchev–Trinajstić information content (AvgIpc) is 2.90. The average molecular weight is 314 g/mol. The van der Waals surface area contributed by atoms with Crippen molar-refractivity contribution in [2.75, 3.05) is 13.1 Å². The maximum absolute atomic E-state index is 12.8. The highest BCUT2D eigenvalue weighted by Crippen LogP contribution is 2.33. The minimum Gasteiger partial charge on any atom is -0.310 e. The Morgan fingerprint density at radius 1 is 1.43 bits per heavy atom. The third-order valence-electron chi connectivity index (χ3n) is 3.95. The molecular weight excluding hydrogens is 288 g/mol. The van der Waals surface area contributed by atoms with Crippen molar-refractivity contribution in [3.63, 3.8) is 0 Å². The lowest BCUT2D eigenvalue weighted by atomic mass is 9.93. The Morgan fingerprint density at radius 3 is 2.62 bits per heavy atom. The highest BCUT2D eigenvalue weighted by Gasteiger charge is 2.39. The highest BCUT2D eigenvalue weighted by atomic mass is 32.2. The van der Waals surface area contributed by atoms with E-state index in [4.69, 9.17) is 0 Å². The monoisotopic (exact) mass is 314 g/mol. The molecule has 21 heavy (non-hydrogen) atoms. The topological polar surface area (TPSA) is 78.1 Å². The minimum absolute atomic E-state index is 0.0365. The van der Waals surface area contributed by atoms with E-state index in [1.54, 1.807) is 4.31 Å². The molecule has 0 amide bonds. The fourth-order valence-electron chi connectivity index (χ4n) is 2.55. The molecule has 1 aliphatic heterocycles. The number of nitrogens with zero attached hydrogens (tertiary/aromatic N) is 2. The molecule has 0 aliphatic carbocycles. The van der Waals surface area contributed by atoms with Gasteiger partial charge in [0.2, 0.25) is 0 Å². The number of hydrogen-bond acceptors (Lipinski definition) is 4. The number of aryl methyl sites for hydroxylation is 1. The number of rotatable bonds is 5. The molecule has 1 fully saturated rings. The van der Waals surface area contributed by atoms with Gasteiger partial charge in [0.25, 0.3) is 10.0 Å². The van der Waals surface area contributed by atoms with Crippen molar-refractivity contribution in [2.24, 2.45) is 5.41 Å². The van der Waals surface area contributed by atoms with Crippen molar-refractivity contribution in [3.8, 4) is 0 Å². The minimum atomic E-state index is -3.52. The van der Waals surface area contributed by atoms with Crippen molar-refractivity contribution in [2.45, 2.75) is 58.7 Å². The summed E-state index contributed by atoms with van der Waals surface area (Å²) in [5, 5.41) is 10.3. The quantitative estimate of drug-likeness (QED) is 0.866. The van der Waals surface area contributed by atoms with Gasteiger partial charge in [0, 0.05) is 36.9 Å². The third-order valence-corrected chi connectivity index (χ3v) is 5.77. The smallest absolute Gasteiger partial charge is 0.262 e. The normalized spacial score (nSPS) is 19.5. The van der Waals surface area contributed by atoms with E-state index in [0.717, 1.165) is 17.7 Å². The van der Waals surface area contributed by atoms with Gasteiger partial charge in [-0.15, -0.1) is 0 Å². The van der Waals surface area contributed by atoms with Crippen LogP contribution in [0.15, 0.2) is 5.03 Å². The van der Waals surface area contributed by atoms with Crippen LogP contribution in [0.5, 0.6) is 0 Å². The van der Waals surface area contributed by atoms with Crippen LogP contribution in [0.2, 0.25) is 0 Å². The summed E-state index contributed by atoms with van der Waals surface area (Å²) in [5.74, 6) is 0. The van der Waals surface area contributed by atoms with Crippen LogP contribution in [-0.4, -0.2) is 42.1 Å². The lowest BCUT2D eigenvalue weighted by Gasteiger charge is -2.19. The lowest BCUT2D eigenvalue weighted by molar-refractivity contribution is 0.374. The van der Waals surface area contributed by atoms with Crippen LogP contribution in [0.1, 0.15) is 45.4 Å². The van der Waals surface area contributed by atoms with Gasteiger partial charge in [-0.1, -0.05) is 27.7 Å². The summed E-state index contributed by atoms with van der Waals surface area (Å²) in [6.07, 6.45) is 0.884. The zero-order valence-electron chi connectivity index (χ0n) is 13.5. The van der Waals surface area contributed by atoms with Crippen molar-refractivity contribution in [1.82, 2.24) is 19.8 Å². The van der Waals surface area contributed by atoms with Crippen LogP contribution in [0.3, 0.4) is 0 Å². The Balaban J connectivity index is 2.29. The molecule has 1 aromatic heterocycles.